The summed E-state index contributed by atoms with van der Waals surface area (Å²) in [5.41, 5.74) is 0.0886. The van der Waals surface area contributed by atoms with Crippen molar-refractivity contribution in [2.75, 3.05) is 5.32 Å². The van der Waals surface area contributed by atoms with Gasteiger partial charge in [0.2, 0.25) is 0 Å². The molecule has 0 saturated carbocycles. The van der Waals surface area contributed by atoms with Crippen LogP contribution in [0, 0.1) is 0 Å². The molecule has 0 spiro atoms. The SMILES string of the molecule is O=C(O)c1ccc(Nc2ccccn2)c(C(=O)O)c1.[Na].[Na]. The van der Waals surface area contributed by atoms with E-state index in [0.29, 0.717) is 5.82 Å². The minimum absolute atomic E-state index is 0. The van der Waals surface area contributed by atoms with Gasteiger partial charge in [0, 0.05) is 65.3 Å². The minimum Gasteiger partial charge on any atom is -0.478 e. The Labute approximate surface area is 165 Å². The summed E-state index contributed by atoms with van der Waals surface area (Å²) >= 11 is 0. The van der Waals surface area contributed by atoms with Crippen LogP contribution in [0.15, 0.2) is 42.6 Å². The Bertz CT molecular complexity index is 635. The molecule has 0 fully saturated rings. The predicted molar refractivity (Wildman–Crippen MR) is 79.4 cm³/mol. The molecular formula is C13H10N2Na2O4. The molecule has 2 radical (unpaired) electrons. The van der Waals surface area contributed by atoms with Crippen molar-refractivity contribution in [2.24, 2.45) is 0 Å². The van der Waals surface area contributed by atoms with Gasteiger partial charge < -0.3 is 15.5 Å². The average molecular weight is 304 g/mol. The van der Waals surface area contributed by atoms with Crippen LogP contribution >= 0.6 is 0 Å². The first-order valence-corrected chi connectivity index (χ1v) is 5.36. The van der Waals surface area contributed by atoms with E-state index < -0.39 is 11.9 Å². The van der Waals surface area contributed by atoms with Crippen LogP contribution < -0.4 is 5.32 Å². The molecular weight excluding hydrogens is 294 g/mol. The monoisotopic (exact) mass is 304 g/mol. The van der Waals surface area contributed by atoms with Crippen LogP contribution in [-0.2, 0) is 0 Å². The number of hydrogen-bond acceptors (Lipinski definition) is 4. The van der Waals surface area contributed by atoms with Crippen LogP contribution in [0.2, 0.25) is 0 Å². The fourth-order valence-electron chi connectivity index (χ4n) is 1.54. The Morgan fingerprint density at radius 1 is 1.00 bits per heavy atom. The number of nitrogens with zero attached hydrogens (tertiary/aromatic N) is 1. The molecule has 0 saturated heterocycles. The Morgan fingerprint density at radius 3 is 2.24 bits per heavy atom. The number of hydrogen-bond donors (Lipinski definition) is 3. The summed E-state index contributed by atoms with van der Waals surface area (Å²) in [6.45, 7) is 0. The van der Waals surface area contributed by atoms with Gasteiger partial charge in [0.1, 0.15) is 5.82 Å². The Morgan fingerprint density at radius 2 is 1.71 bits per heavy atom. The van der Waals surface area contributed by atoms with Gasteiger partial charge in [-0.1, -0.05) is 6.07 Å². The molecule has 2 aromatic rings. The molecule has 0 aliphatic rings. The summed E-state index contributed by atoms with van der Waals surface area (Å²) in [7, 11) is 0. The number of aromatic nitrogens is 1. The molecule has 0 aliphatic heterocycles. The first-order valence-electron chi connectivity index (χ1n) is 5.36. The number of carboxylic acid groups (broad SMARTS) is 2. The minimum atomic E-state index is -1.21. The van der Waals surface area contributed by atoms with Crippen LogP contribution in [-0.4, -0.2) is 86.3 Å². The maximum absolute atomic E-state index is 11.1. The van der Waals surface area contributed by atoms with Gasteiger partial charge in [0.15, 0.2) is 0 Å². The van der Waals surface area contributed by atoms with Gasteiger partial charge in [-0.2, -0.15) is 0 Å². The molecule has 1 aromatic carbocycles. The van der Waals surface area contributed by atoms with Gasteiger partial charge in [0.05, 0.1) is 16.8 Å². The van der Waals surface area contributed by atoms with Gasteiger partial charge in [-0.3, -0.25) is 0 Å². The van der Waals surface area contributed by atoms with E-state index in [2.05, 4.69) is 10.3 Å². The van der Waals surface area contributed by atoms with E-state index in [1.54, 1.807) is 24.4 Å². The quantitative estimate of drug-likeness (QED) is 0.740. The van der Waals surface area contributed by atoms with Gasteiger partial charge >= 0.3 is 11.9 Å². The van der Waals surface area contributed by atoms with Crippen LogP contribution in [0.3, 0.4) is 0 Å². The van der Waals surface area contributed by atoms with Gasteiger partial charge in [-0.25, -0.2) is 14.6 Å². The largest absolute Gasteiger partial charge is 0.478 e. The number of nitrogens with one attached hydrogen (secondary N) is 1. The second-order valence-corrected chi connectivity index (χ2v) is 3.71. The third kappa shape index (κ3) is 5.43. The van der Waals surface area contributed by atoms with E-state index in [9.17, 15) is 9.59 Å². The topological polar surface area (TPSA) is 99.5 Å². The van der Waals surface area contributed by atoms with Crippen LogP contribution in [0.1, 0.15) is 20.7 Å². The van der Waals surface area contributed by atoms with Crippen molar-refractivity contribution in [3.63, 3.8) is 0 Å². The number of benzene rings is 1. The smallest absolute Gasteiger partial charge is 0.337 e. The number of carboxylic acids is 2. The van der Waals surface area contributed by atoms with E-state index >= 15 is 0 Å². The first-order chi connectivity index (χ1) is 9.08. The third-order valence-corrected chi connectivity index (χ3v) is 2.42. The molecule has 8 heteroatoms. The second kappa shape index (κ2) is 9.19. The first kappa shape index (κ1) is 20.1. The zero-order valence-corrected chi connectivity index (χ0v) is 15.7. The molecule has 0 amide bonds. The molecule has 2 rings (SSSR count). The zero-order chi connectivity index (χ0) is 13.8. The standard InChI is InChI=1S/C13H10N2O4.2Na/c16-12(17)8-4-5-10(9(7-8)13(18)19)15-11-3-1-2-6-14-11;;/h1-7H,(H,14,15)(H,16,17)(H,18,19);;. The number of rotatable bonds is 4. The molecule has 1 heterocycles. The molecule has 0 atom stereocenters. The van der Waals surface area contributed by atoms with Crippen molar-refractivity contribution in [1.29, 1.82) is 0 Å². The molecule has 6 nitrogen and oxygen atoms in total. The fraction of sp³-hybridized carbons (Fsp3) is 0. The molecule has 0 aliphatic carbocycles. The Hall–Kier alpha value is -0.890. The summed E-state index contributed by atoms with van der Waals surface area (Å²) in [6.07, 6.45) is 1.56. The number of aromatic carboxylic acids is 2. The summed E-state index contributed by atoms with van der Waals surface area (Å²) in [6, 6.07) is 9.01. The van der Waals surface area contributed by atoms with Gasteiger partial charge in [-0.05, 0) is 30.3 Å². The van der Waals surface area contributed by atoms with Gasteiger partial charge in [0.25, 0.3) is 0 Å². The summed E-state index contributed by atoms with van der Waals surface area (Å²) in [5, 5.41) is 20.8. The summed E-state index contributed by atoms with van der Waals surface area (Å²) < 4.78 is 0. The molecule has 21 heavy (non-hydrogen) atoms. The van der Waals surface area contributed by atoms with Crippen LogP contribution in [0.25, 0.3) is 0 Å². The molecule has 0 unspecified atom stereocenters. The normalized spacial score (nSPS) is 8.95. The Kier molecular flexibility index (Phi) is 8.80. The zero-order valence-electron chi connectivity index (χ0n) is 11.7. The predicted octanol–water partition coefficient (Wildman–Crippen LogP) is 1.46. The maximum Gasteiger partial charge on any atom is 0.337 e. The number of pyridine rings is 1. The maximum atomic E-state index is 11.1. The fourth-order valence-corrected chi connectivity index (χ4v) is 1.54. The van der Waals surface area contributed by atoms with Crippen molar-refractivity contribution in [3.8, 4) is 0 Å². The molecule has 1 aromatic heterocycles. The Balaban J connectivity index is 0.00000200. The molecule has 0 bridgehead atoms. The average Bonchev–Trinajstić information content (AvgIpc) is 2.39. The summed E-state index contributed by atoms with van der Waals surface area (Å²) in [5.74, 6) is -1.90. The van der Waals surface area contributed by atoms with Crippen molar-refractivity contribution >= 4 is 82.6 Å². The van der Waals surface area contributed by atoms with Crippen molar-refractivity contribution in [3.05, 3.63) is 53.7 Å². The van der Waals surface area contributed by atoms with E-state index in [1.807, 2.05) is 0 Å². The second-order valence-electron chi connectivity index (χ2n) is 3.71. The van der Waals surface area contributed by atoms with Crippen molar-refractivity contribution < 1.29 is 19.8 Å². The van der Waals surface area contributed by atoms with E-state index in [0.717, 1.165) is 6.07 Å². The van der Waals surface area contributed by atoms with Crippen LogP contribution in [0.5, 0.6) is 0 Å². The van der Waals surface area contributed by atoms with Gasteiger partial charge in [-0.15, -0.1) is 0 Å². The van der Waals surface area contributed by atoms with Crippen molar-refractivity contribution in [2.45, 2.75) is 0 Å². The van der Waals surface area contributed by atoms with E-state index in [4.69, 9.17) is 10.2 Å². The van der Waals surface area contributed by atoms with E-state index in [-0.39, 0.29) is 75.9 Å². The van der Waals surface area contributed by atoms with Crippen LogP contribution in [0.4, 0.5) is 11.5 Å². The number of anilines is 2. The third-order valence-electron chi connectivity index (χ3n) is 2.42. The molecule has 98 valence electrons. The van der Waals surface area contributed by atoms with E-state index in [1.165, 1.54) is 12.1 Å². The van der Waals surface area contributed by atoms with Crippen molar-refractivity contribution in [1.82, 2.24) is 4.98 Å². The number of carbonyl (C=O) groups is 2. The summed E-state index contributed by atoms with van der Waals surface area (Å²) in [4.78, 5) is 26.0. The molecule has 3 N–H and O–H groups in total.